The molecule has 0 radical (unpaired) electrons. The first-order chi connectivity index (χ1) is 6.75. The van der Waals surface area contributed by atoms with Gasteiger partial charge in [-0.25, -0.2) is 0 Å². The summed E-state index contributed by atoms with van der Waals surface area (Å²) in [6.45, 7) is 0.717. The molecular formula is C10H15ClN2O2. The molecule has 5 heteroatoms. The van der Waals surface area contributed by atoms with Crippen LogP contribution >= 0.6 is 12.4 Å². The van der Waals surface area contributed by atoms with E-state index in [0.29, 0.717) is 25.9 Å². The zero-order valence-electron chi connectivity index (χ0n) is 8.39. The Kier molecular flexibility index (Phi) is 3.88. The van der Waals surface area contributed by atoms with Gasteiger partial charge in [-0.3, -0.25) is 14.5 Å². The average molecular weight is 231 g/mol. The number of allylic oxidation sites excluding steroid dienone is 2. The number of hydrogen-bond donors (Lipinski definition) is 1. The van der Waals surface area contributed by atoms with Crippen molar-refractivity contribution in [2.75, 3.05) is 13.1 Å². The maximum absolute atomic E-state index is 11.8. The van der Waals surface area contributed by atoms with Gasteiger partial charge in [-0.1, -0.05) is 12.2 Å². The SMILES string of the molecule is Cl.NCCN1C(=O)C2CC=CCC2C1=O. The Hall–Kier alpha value is -0.870. The standard InChI is InChI=1S/C10H14N2O2.ClH/c11-5-6-12-9(13)7-3-1-2-4-8(7)10(12)14;/h1-2,7-8H,3-6,11H2;1H. The lowest BCUT2D eigenvalue weighted by atomic mass is 9.85. The largest absolute Gasteiger partial charge is 0.329 e. The molecule has 1 saturated heterocycles. The Balaban J connectivity index is 0.00000112. The molecule has 15 heavy (non-hydrogen) atoms. The highest BCUT2D eigenvalue weighted by Crippen LogP contribution is 2.34. The third-order valence-corrected chi connectivity index (χ3v) is 2.95. The molecule has 0 aromatic carbocycles. The first-order valence-electron chi connectivity index (χ1n) is 4.96. The predicted octanol–water partition coefficient (Wildman–Crippen LogP) is 0.318. The highest BCUT2D eigenvalue weighted by atomic mass is 35.5. The summed E-state index contributed by atoms with van der Waals surface area (Å²) in [5.41, 5.74) is 5.36. The number of fused-ring (bicyclic) bond motifs is 1. The zero-order valence-corrected chi connectivity index (χ0v) is 9.20. The number of amides is 2. The van der Waals surface area contributed by atoms with E-state index in [1.807, 2.05) is 12.2 Å². The topological polar surface area (TPSA) is 63.4 Å². The number of likely N-dealkylation sites (tertiary alicyclic amines) is 1. The van der Waals surface area contributed by atoms with Gasteiger partial charge in [0.15, 0.2) is 0 Å². The van der Waals surface area contributed by atoms with Gasteiger partial charge in [-0.15, -0.1) is 12.4 Å². The van der Waals surface area contributed by atoms with E-state index in [0.717, 1.165) is 0 Å². The van der Waals surface area contributed by atoms with Gasteiger partial charge in [-0.05, 0) is 12.8 Å². The smallest absolute Gasteiger partial charge is 0.233 e. The Morgan fingerprint density at radius 1 is 1.20 bits per heavy atom. The van der Waals surface area contributed by atoms with E-state index in [-0.39, 0.29) is 36.1 Å². The van der Waals surface area contributed by atoms with Crippen molar-refractivity contribution in [3.05, 3.63) is 12.2 Å². The lowest BCUT2D eigenvalue weighted by Crippen LogP contribution is -2.35. The fourth-order valence-electron chi connectivity index (χ4n) is 2.22. The number of nitrogens with two attached hydrogens (primary N) is 1. The summed E-state index contributed by atoms with van der Waals surface area (Å²) in [5.74, 6) is -0.289. The van der Waals surface area contributed by atoms with E-state index in [4.69, 9.17) is 5.73 Å². The maximum atomic E-state index is 11.8. The maximum Gasteiger partial charge on any atom is 0.233 e. The van der Waals surface area contributed by atoms with Crippen molar-refractivity contribution in [3.8, 4) is 0 Å². The van der Waals surface area contributed by atoms with Crippen molar-refractivity contribution in [3.63, 3.8) is 0 Å². The average Bonchev–Trinajstić information content (AvgIpc) is 2.45. The van der Waals surface area contributed by atoms with Crippen LogP contribution < -0.4 is 5.73 Å². The Morgan fingerprint density at radius 3 is 2.07 bits per heavy atom. The van der Waals surface area contributed by atoms with Gasteiger partial charge in [0.1, 0.15) is 0 Å². The number of nitrogens with zero attached hydrogens (tertiary/aromatic N) is 1. The lowest BCUT2D eigenvalue weighted by Gasteiger charge is -2.14. The van der Waals surface area contributed by atoms with Crippen LogP contribution in [0.3, 0.4) is 0 Å². The molecule has 0 aromatic heterocycles. The van der Waals surface area contributed by atoms with E-state index in [1.165, 1.54) is 4.90 Å². The second kappa shape index (κ2) is 4.77. The molecule has 2 amide bonds. The summed E-state index contributed by atoms with van der Waals surface area (Å²) in [7, 11) is 0. The van der Waals surface area contributed by atoms with Crippen molar-refractivity contribution in [1.82, 2.24) is 4.90 Å². The van der Waals surface area contributed by atoms with E-state index in [2.05, 4.69) is 0 Å². The zero-order chi connectivity index (χ0) is 10.1. The van der Waals surface area contributed by atoms with Crippen LogP contribution in [0.1, 0.15) is 12.8 Å². The second-order valence-electron chi connectivity index (χ2n) is 3.77. The van der Waals surface area contributed by atoms with Gasteiger partial charge >= 0.3 is 0 Å². The fraction of sp³-hybridized carbons (Fsp3) is 0.600. The van der Waals surface area contributed by atoms with Crippen LogP contribution in [0.15, 0.2) is 12.2 Å². The van der Waals surface area contributed by atoms with Gasteiger partial charge in [0.25, 0.3) is 0 Å². The molecule has 0 spiro atoms. The van der Waals surface area contributed by atoms with Crippen LogP contribution in [0.5, 0.6) is 0 Å². The number of carbonyl (C=O) groups is 2. The van der Waals surface area contributed by atoms with Crippen LogP contribution in [0.4, 0.5) is 0 Å². The van der Waals surface area contributed by atoms with E-state index in [1.54, 1.807) is 0 Å². The van der Waals surface area contributed by atoms with Crippen LogP contribution in [0.25, 0.3) is 0 Å². The monoisotopic (exact) mass is 230 g/mol. The van der Waals surface area contributed by atoms with Gasteiger partial charge < -0.3 is 5.73 Å². The number of halogens is 1. The minimum atomic E-state index is -0.112. The molecule has 1 fully saturated rings. The Labute approximate surface area is 94.9 Å². The van der Waals surface area contributed by atoms with Crippen molar-refractivity contribution in [1.29, 1.82) is 0 Å². The molecule has 1 aliphatic carbocycles. The number of rotatable bonds is 2. The van der Waals surface area contributed by atoms with Crippen molar-refractivity contribution in [2.45, 2.75) is 12.8 Å². The summed E-state index contributed by atoms with van der Waals surface area (Å²) < 4.78 is 0. The molecule has 0 saturated carbocycles. The molecular weight excluding hydrogens is 216 g/mol. The number of carbonyl (C=O) groups excluding carboxylic acids is 2. The summed E-state index contributed by atoms with van der Waals surface area (Å²) >= 11 is 0. The minimum Gasteiger partial charge on any atom is -0.329 e. The van der Waals surface area contributed by atoms with Gasteiger partial charge in [0.05, 0.1) is 11.8 Å². The van der Waals surface area contributed by atoms with E-state index in [9.17, 15) is 9.59 Å². The molecule has 1 heterocycles. The second-order valence-corrected chi connectivity index (χ2v) is 3.77. The summed E-state index contributed by atoms with van der Waals surface area (Å²) in [5, 5.41) is 0. The number of hydrogen-bond acceptors (Lipinski definition) is 3. The fourth-order valence-corrected chi connectivity index (χ4v) is 2.22. The quantitative estimate of drug-likeness (QED) is 0.549. The normalized spacial score (nSPS) is 29.0. The molecule has 2 N–H and O–H groups in total. The van der Waals surface area contributed by atoms with Gasteiger partial charge in [0.2, 0.25) is 11.8 Å². The van der Waals surface area contributed by atoms with Gasteiger partial charge in [-0.2, -0.15) is 0 Å². The van der Waals surface area contributed by atoms with Crippen LogP contribution in [0, 0.1) is 11.8 Å². The van der Waals surface area contributed by atoms with Crippen molar-refractivity contribution < 1.29 is 9.59 Å². The highest BCUT2D eigenvalue weighted by molar-refractivity contribution is 6.05. The molecule has 84 valence electrons. The van der Waals surface area contributed by atoms with E-state index < -0.39 is 0 Å². The summed E-state index contributed by atoms with van der Waals surface area (Å²) in [6.07, 6.45) is 5.38. The molecule has 4 nitrogen and oxygen atoms in total. The highest BCUT2D eigenvalue weighted by Gasteiger charge is 2.46. The molecule has 2 rings (SSSR count). The summed E-state index contributed by atoms with van der Waals surface area (Å²) in [6, 6.07) is 0. The minimum absolute atomic E-state index is 0. The first kappa shape index (κ1) is 12.2. The molecule has 2 unspecified atom stereocenters. The molecule has 1 aliphatic heterocycles. The Morgan fingerprint density at radius 2 is 1.67 bits per heavy atom. The molecule has 2 atom stereocenters. The van der Waals surface area contributed by atoms with Crippen LogP contribution in [-0.2, 0) is 9.59 Å². The molecule has 0 aromatic rings. The third kappa shape index (κ3) is 1.92. The van der Waals surface area contributed by atoms with Gasteiger partial charge in [0, 0.05) is 13.1 Å². The Bertz CT molecular complexity index is 278. The molecule has 0 bridgehead atoms. The predicted molar refractivity (Wildman–Crippen MR) is 58.4 cm³/mol. The summed E-state index contributed by atoms with van der Waals surface area (Å²) in [4.78, 5) is 24.8. The molecule has 2 aliphatic rings. The van der Waals surface area contributed by atoms with Crippen molar-refractivity contribution >= 4 is 24.2 Å². The van der Waals surface area contributed by atoms with E-state index >= 15 is 0 Å². The first-order valence-corrected chi connectivity index (χ1v) is 4.96. The van der Waals surface area contributed by atoms with Crippen molar-refractivity contribution in [2.24, 2.45) is 17.6 Å². The lowest BCUT2D eigenvalue weighted by molar-refractivity contribution is -0.139. The third-order valence-electron chi connectivity index (χ3n) is 2.95. The van der Waals surface area contributed by atoms with Crippen LogP contribution in [-0.4, -0.2) is 29.8 Å². The number of imide groups is 1. The van der Waals surface area contributed by atoms with Crippen LogP contribution in [0.2, 0.25) is 0 Å².